The number of hydrogen-bond donors (Lipinski definition) is 3. The van der Waals surface area contributed by atoms with E-state index in [0.717, 1.165) is 33.6 Å². The van der Waals surface area contributed by atoms with E-state index in [1.54, 1.807) is 0 Å². The number of carboxylic acid groups (broad SMARTS) is 1. The summed E-state index contributed by atoms with van der Waals surface area (Å²) in [7, 11) is 0. The predicted octanol–water partition coefficient (Wildman–Crippen LogP) is 3.95. The van der Waals surface area contributed by atoms with Crippen molar-refractivity contribution in [2.24, 2.45) is 5.92 Å². The quantitative estimate of drug-likeness (QED) is 0.501. The van der Waals surface area contributed by atoms with Crippen LogP contribution in [-0.2, 0) is 9.53 Å². The number of carbonyl (C=O) groups excluding carboxylic acids is 2. The van der Waals surface area contributed by atoms with Crippen molar-refractivity contribution in [3.8, 4) is 11.1 Å². The monoisotopic (exact) mass is 451 g/mol. The molecule has 1 heterocycles. The molecular weight excluding hydrogens is 430 g/mol. The molecule has 1 aliphatic carbocycles. The number of aromatic nitrogens is 1. The Kier molecular flexibility index (Phi) is 6.18. The van der Waals surface area contributed by atoms with Gasteiger partial charge in [-0.15, -0.1) is 0 Å². The van der Waals surface area contributed by atoms with E-state index in [-0.39, 0.29) is 29.1 Å². The second-order valence-electron chi connectivity index (χ2n) is 7.43. The number of thiazole rings is 1. The van der Waals surface area contributed by atoms with Crippen molar-refractivity contribution in [2.75, 3.05) is 18.5 Å². The van der Waals surface area contributed by atoms with Crippen molar-refractivity contribution in [1.29, 1.82) is 0 Å². The summed E-state index contributed by atoms with van der Waals surface area (Å²) < 4.78 is 5.47. The van der Waals surface area contributed by atoms with Crippen molar-refractivity contribution in [1.82, 2.24) is 10.3 Å². The van der Waals surface area contributed by atoms with Crippen LogP contribution in [-0.4, -0.2) is 41.2 Å². The third kappa shape index (κ3) is 4.47. The Labute approximate surface area is 188 Å². The number of nitrogens with zero attached hydrogens (tertiary/aromatic N) is 1. The number of fused-ring (bicyclic) bond motifs is 3. The van der Waals surface area contributed by atoms with Gasteiger partial charge in [-0.05, 0) is 22.3 Å². The SMILES string of the molecule is CC(CNC(=O)c1cnc(NC(=O)OCC2c3ccccc3-c3ccccc32)s1)C(=O)O. The van der Waals surface area contributed by atoms with Gasteiger partial charge < -0.3 is 15.2 Å². The lowest BCUT2D eigenvalue weighted by Gasteiger charge is -2.14. The topological polar surface area (TPSA) is 118 Å². The van der Waals surface area contributed by atoms with Gasteiger partial charge in [0.15, 0.2) is 5.13 Å². The number of anilines is 1. The Bertz CT molecular complexity index is 1130. The van der Waals surface area contributed by atoms with Crippen LogP contribution in [0.1, 0.15) is 33.6 Å². The minimum atomic E-state index is -0.993. The van der Waals surface area contributed by atoms with Gasteiger partial charge in [-0.2, -0.15) is 0 Å². The second kappa shape index (κ2) is 9.19. The van der Waals surface area contributed by atoms with Crippen LogP contribution in [0.25, 0.3) is 11.1 Å². The maximum Gasteiger partial charge on any atom is 0.413 e. The summed E-state index contributed by atoms with van der Waals surface area (Å²) >= 11 is 0.982. The standard InChI is InChI=1S/C23H21N3O5S/c1-13(21(28)29)10-24-20(27)19-11-25-22(32-19)26-23(30)31-12-18-16-8-4-2-6-14(16)15-7-3-5-9-17(15)18/h2-9,11,13,18H,10,12H2,1H3,(H,24,27)(H,28,29)(H,25,26,30). The first-order valence-electron chi connectivity index (χ1n) is 10.0. The van der Waals surface area contributed by atoms with Crippen LogP contribution < -0.4 is 10.6 Å². The molecule has 0 radical (unpaired) electrons. The fourth-order valence-corrected chi connectivity index (χ4v) is 4.30. The van der Waals surface area contributed by atoms with Gasteiger partial charge in [0.05, 0.1) is 12.1 Å². The van der Waals surface area contributed by atoms with E-state index in [1.165, 1.54) is 13.1 Å². The lowest BCUT2D eigenvalue weighted by atomic mass is 9.98. The second-order valence-corrected chi connectivity index (χ2v) is 8.46. The number of ether oxygens (including phenoxy) is 1. The average Bonchev–Trinajstić information content (AvgIpc) is 3.38. The number of nitrogens with one attached hydrogen (secondary N) is 2. The summed E-state index contributed by atoms with van der Waals surface area (Å²) in [6, 6.07) is 16.1. The Morgan fingerprint density at radius 1 is 1.09 bits per heavy atom. The number of hydrogen-bond acceptors (Lipinski definition) is 6. The molecule has 32 heavy (non-hydrogen) atoms. The van der Waals surface area contributed by atoms with Crippen LogP contribution in [0.4, 0.5) is 9.93 Å². The van der Waals surface area contributed by atoms with Crippen molar-refractivity contribution >= 4 is 34.4 Å². The molecule has 0 fully saturated rings. The molecule has 2 amide bonds. The lowest BCUT2D eigenvalue weighted by molar-refractivity contribution is -0.140. The van der Waals surface area contributed by atoms with E-state index in [2.05, 4.69) is 27.8 Å². The van der Waals surface area contributed by atoms with E-state index in [9.17, 15) is 14.4 Å². The van der Waals surface area contributed by atoms with Crippen LogP contribution in [0.15, 0.2) is 54.7 Å². The Morgan fingerprint density at radius 2 is 1.72 bits per heavy atom. The zero-order valence-electron chi connectivity index (χ0n) is 17.2. The molecule has 0 aliphatic heterocycles. The zero-order chi connectivity index (χ0) is 22.7. The summed E-state index contributed by atoms with van der Waals surface area (Å²) in [4.78, 5) is 39.6. The van der Waals surface area contributed by atoms with Crippen molar-refractivity contribution in [3.63, 3.8) is 0 Å². The molecular formula is C23H21N3O5S. The van der Waals surface area contributed by atoms with Crippen LogP contribution in [0.5, 0.6) is 0 Å². The molecule has 0 bridgehead atoms. The van der Waals surface area contributed by atoms with Crippen molar-refractivity contribution in [2.45, 2.75) is 12.8 Å². The maximum absolute atomic E-state index is 12.3. The van der Waals surface area contributed by atoms with E-state index in [0.29, 0.717) is 0 Å². The van der Waals surface area contributed by atoms with Crippen LogP contribution >= 0.6 is 11.3 Å². The third-order valence-corrected chi connectivity index (χ3v) is 6.18. The van der Waals surface area contributed by atoms with E-state index in [4.69, 9.17) is 9.84 Å². The number of rotatable bonds is 7. The molecule has 0 spiro atoms. The molecule has 2 aromatic carbocycles. The smallest absolute Gasteiger partial charge is 0.413 e. The van der Waals surface area contributed by atoms with Gasteiger partial charge in [-0.25, -0.2) is 9.78 Å². The summed E-state index contributed by atoms with van der Waals surface area (Å²) in [5.74, 6) is -2.20. The first-order chi connectivity index (χ1) is 15.4. The minimum Gasteiger partial charge on any atom is -0.481 e. The van der Waals surface area contributed by atoms with Crippen LogP contribution in [0.3, 0.4) is 0 Å². The van der Waals surface area contributed by atoms with Gasteiger partial charge in [0.1, 0.15) is 11.5 Å². The van der Waals surface area contributed by atoms with E-state index >= 15 is 0 Å². The van der Waals surface area contributed by atoms with Crippen LogP contribution in [0.2, 0.25) is 0 Å². The summed E-state index contributed by atoms with van der Waals surface area (Å²) in [6.45, 7) is 1.67. The first-order valence-corrected chi connectivity index (χ1v) is 10.8. The summed E-state index contributed by atoms with van der Waals surface area (Å²) in [5, 5.41) is 14.2. The zero-order valence-corrected chi connectivity index (χ0v) is 18.0. The Hall–Kier alpha value is -3.72. The van der Waals surface area contributed by atoms with Crippen molar-refractivity contribution < 1.29 is 24.2 Å². The van der Waals surface area contributed by atoms with Gasteiger partial charge in [0.25, 0.3) is 5.91 Å². The number of carbonyl (C=O) groups is 3. The van der Waals surface area contributed by atoms with E-state index < -0.39 is 23.9 Å². The summed E-state index contributed by atoms with van der Waals surface area (Å²) in [5.41, 5.74) is 4.52. The first kappa shape index (κ1) is 21.5. The van der Waals surface area contributed by atoms with Crippen molar-refractivity contribution in [3.05, 3.63) is 70.7 Å². The minimum absolute atomic E-state index is 0.00120. The molecule has 9 heteroatoms. The highest BCUT2D eigenvalue weighted by molar-refractivity contribution is 7.17. The molecule has 0 saturated carbocycles. The fourth-order valence-electron chi connectivity index (χ4n) is 3.58. The molecule has 3 aromatic rings. The molecule has 4 rings (SSSR count). The molecule has 164 valence electrons. The number of carboxylic acids is 1. The highest BCUT2D eigenvalue weighted by Gasteiger charge is 2.29. The molecule has 3 N–H and O–H groups in total. The lowest BCUT2D eigenvalue weighted by Crippen LogP contribution is -2.30. The largest absolute Gasteiger partial charge is 0.481 e. The molecule has 1 aliphatic rings. The molecule has 8 nitrogen and oxygen atoms in total. The number of benzene rings is 2. The third-order valence-electron chi connectivity index (χ3n) is 5.27. The fraction of sp³-hybridized carbons (Fsp3) is 0.217. The van der Waals surface area contributed by atoms with Crippen LogP contribution in [0, 0.1) is 5.92 Å². The Balaban J connectivity index is 1.34. The highest BCUT2D eigenvalue weighted by Crippen LogP contribution is 2.44. The Morgan fingerprint density at radius 3 is 2.34 bits per heavy atom. The van der Waals surface area contributed by atoms with Gasteiger partial charge in [0, 0.05) is 12.5 Å². The maximum atomic E-state index is 12.3. The van der Waals surface area contributed by atoms with E-state index in [1.807, 2.05) is 36.4 Å². The highest BCUT2D eigenvalue weighted by atomic mass is 32.1. The van der Waals surface area contributed by atoms with Gasteiger partial charge in [-0.1, -0.05) is 66.8 Å². The number of amides is 2. The molecule has 1 atom stereocenters. The molecule has 0 saturated heterocycles. The molecule has 1 aromatic heterocycles. The predicted molar refractivity (Wildman–Crippen MR) is 120 cm³/mol. The van der Waals surface area contributed by atoms with Gasteiger partial charge in [0.2, 0.25) is 0 Å². The average molecular weight is 452 g/mol. The summed E-state index contributed by atoms with van der Waals surface area (Å²) in [6.07, 6.45) is 0.664. The number of aliphatic carboxylic acids is 1. The van der Waals surface area contributed by atoms with Gasteiger partial charge in [-0.3, -0.25) is 14.9 Å². The van der Waals surface area contributed by atoms with Gasteiger partial charge >= 0.3 is 12.1 Å². The molecule has 1 unspecified atom stereocenters. The normalized spacial score (nSPS) is 13.0.